The Labute approximate surface area is 93.2 Å². The molecule has 0 bridgehead atoms. The first-order chi connectivity index (χ1) is 7.00. The number of nitrogen functional groups attached to an aromatic ring is 1. The van der Waals surface area contributed by atoms with Gasteiger partial charge in [-0.15, -0.1) is 11.3 Å². The summed E-state index contributed by atoms with van der Waals surface area (Å²) in [5.74, 6) is 0.0614. The van der Waals surface area contributed by atoms with Crippen molar-refractivity contribution in [1.82, 2.24) is 0 Å². The van der Waals surface area contributed by atoms with Crippen LogP contribution < -0.4 is 5.73 Å². The molecule has 1 aromatic rings. The normalized spacial score (nSPS) is 25.0. The minimum Gasteiger partial charge on any atom is -0.390 e. The molecule has 2 atom stereocenters. The van der Waals surface area contributed by atoms with Gasteiger partial charge in [-0.05, 0) is 26.3 Å². The third kappa shape index (κ3) is 1.68. The van der Waals surface area contributed by atoms with Gasteiger partial charge < -0.3 is 10.5 Å². The van der Waals surface area contributed by atoms with Crippen LogP contribution in [-0.2, 0) is 11.2 Å². The molecular formula is C11H15NO2S. The molecule has 0 saturated carbocycles. The molecule has 3 nitrogen and oxygen atoms in total. The molecule has 1 aliphatic heterocycles. The van der Waals surface area contributed by atoms with Crippen LogP contribution in [0.4, 0.5) is 5.00 Å². The summed E-state index contributed by atoms with van der Waals surface area (Å²) in [6, 6.07) is 0. The fourth-order valence-electron chi connectivity index (χ4n) is 2.17. The van der Waals surface area contributed by atoms with Gasteiger partial charge in [0.2, 0.25) is 0 Å². The molecule has 0 fully saturated rings. The number of ether oxygens (including phenoxy) is 1. The summed E-state index contributed by atoms with van der Waals surface area (Å²) in [6.07, 6.45) is 1.02. The average molecular weight is 225 g/mol. The summed E-state index contributed by atoms with van der Waals surface area (Å²) in [7, 11) is 0. The maximum Gasteiger partial charge on any atom is 0.163 e. The Morgan fingerprint density at radius 2 is 2.20 bits per heavy atom. The van der Waals surface area contributed by atoms with Crippen molar-refractivity contribution in [1.29, 1.82) is 0 Å². The van der Waals surface area contributed by atoms with Crippen molar-refractivity contribution in [3.63, 3.8) is 0 Å². The first kappa shape index (κ1) is 10.6. The predicted molar refractivity (Wildman–Crippen MR) is 61.4 cm³/mol. The Morgan fingerprint density at radius 3 is 2.80 bits per heavy atom. The van der Waals surface area contributed by atoms with Gasteiger partial charge in [-0.3, -0.25) is 4.79 Å². The quantitative estimate of drug-likeness (QED) is 0.747. The number of carbonyl (C=O) groups excluding carboxylic acids is 1. The van der Waals surface area contributed by atoms with E-state index in [9.17, 15) is 4.79 Å². The number of fused-ring (bicyclic) bond motifs is 1. The molecule has 0 aromatic carbocycles. The van der Waals surface area contributed by atoms with Crippen LogP contribution in [0.3, 0.4) is 0 Å². The van der Waals surface area contributed by atoms with Gasteiger partial charge in [-0.2, -0.15) is 0 Å². The average Bonchev–Trinajstić information content (AvgIpc) is 2.41. The Kier molecular flexibility index (Phi) is 2.56. The van der Waals surface area contributed by atoms with Crippen LogP contribution in [0.1, 0.15) is 47.7 Å². The van der Waals surface area contributed by atoms with Crippen molar-refractivity contribution >= 4 is 22.1 Å². The number of thiophene rings is 1. The van der Waals surface area contributed by atoms with Crippen LogP contribution in [0.15, 0.2) is 0 Å². The maximum atomic E-state index is 11.5. The zero-order chi connectivity index (χ0) is 11.2. The van der Waals surface area contributed by atoms with Gasteiger partial charge in [0.25, 0.3) is 0 Å². The predicted octanol–water partition coefficient (Wildman–Crippen LogP) is 2.56. The SMILES string of the molecule is CC(=O)c1c(N)sc2c1CC(C)OC2C. The van der Waals surface area contributed by atoms with E-state index in [1.165, 1.54) is 11.3 Å². The van der Waals surface area contributed by atoms with Crippen molar-refractivity contribution in [2.75, 3.05) is 5.73 Å². The molecule has 0 saturated heterocycles. The smallest absolute Gasteiger partial charge is 0.163 e. The van der Waals surface area contributed by atoms with E-state index in [0.717, 1.165) is 22.4 Å². The van der Waals surface area contributed by atoms with Crippen LogP contribution in [0, 0.1) is 0 Å². The largest absolute Gasteiger partial charge is 0.390 e. The second-order valence-electron chi connectivity index (χ2n) is 4.03. The molecule has 1 aromatic heterocycles. The fraction of sp³-hybridized carbons (Fsp3) is 0.545. The van der Waals surface area contributed by atoms with E-state index in [-0.39, 0.29) is 18.0 Å². The minimum absolute atomic E-state index is 0.0594. The standard InChI is InChI=1S/C11H15NO2S/c1-5-4-8-9(6(2)13)11(12)15-10(8)7(3)14-5/h5,7H,4,12H2,1-3H3. The lowest BCUT2D eigenvalue weighted by molar-refractivity contribution is -0.00226. The Bertz CT molecular complexity index is 411. The molecule has 0 radical (unpaired) electrons. The summed E-state index contributed by atoms with van der Waals surface area (Å²) in [4.78, 5) is 12.6. The zero-order valence-electron chi connectivity index (χ0n) is 9.16. The summed E-state index contributed by atoms with van der Waals surface area (Å²) < 4.78 is 5.70. The number of hydrogen-bond acceptors (Lipinski definition) is 4. The second-order valence-corrected chi connectivity index (χ2v) is 5.12. The van der Waals surface area contributed by atoms with Gasteiger partial charge in [0.15, 0.2) is 5.78 Å². The maximum absolute atomic E-state index is 11.5. The summed E-state index contributed by atoms with van der Waals surface area (Å²) in [5, 5.41) is 0.636. The summed E-state index contributed by atoms with van der Waals surface area (Å²) in [5.41, 5.74) is 7.70. The van der Waals surface area contributed by atoms with Gasteiger partial charge in [-0.25, -0.2) is 0 Å². The second kappa shape index (κ2) is 3.61. The van der Waals surface area contributed by atoms with E-state index < -0.39 is 0 Å². The molecule has 4 heteroatoms. The van der Waals surface area contributed by atoms with Gasteiger partial charge in [-0.1, -0.05) is 0 Å². The van der Waals surface area contributed by atoms with E-state index in [0.29, 0.717) is 5.00 Å². The zero-order valence-corrected chi connectivity index (χ0v) is 9.98. The topological polar surface area (TPSA) is 52.3 Å². The Morgan fingerprint density at radius 1 is 1.53 bits per heavy atom. The van der Waals surface area contributed by atoms with Crippen LogP contribution in [0.5, 0.6) is 0 Å². The number of rotatable bonds is 1. The number of hydrogen-bond donors (Lipinski definition) is 1. The fourth-order valence-corrected chi connectivity index (χ4v) is 3.30. The van der Waals surface area contributed by atoms with Gasteiger partial charge in [0, 0.05) is 11.3 Å². The highest BCUT2D eigenvalue weighted by atomic mass is 32.1. The van der Waals surface area contributed by atoms with Crippen molar-refractivity contribution in [2.45, 2.75) is 39.4 Å². The first-order valence-electron chi connectivity index (χ1n) is 5.08. The third-order valence-corrected chi connectivity index (χ3v) is 3.94. The molecule has 2 heterocycles. The van der Waals surface area contributed by atoms with Crippen LogP contribution in [0.25, 0.3) is 0 Å². The van der Waals surface area contributed by atoms with Crippen molar-refractivity contribution in [2.24, 2.45) is 0 Å². The molecule has 15 heavy (non-hydrogen) atoms. The molecule has 2 N–H and O–H groups in total. The van der Waals surface area contributed by atoms with Crippen LogP contribution >= 0.6 is 11.3 Å². The third-order valence-electron chi connectivity index (χ3n) is 2.71. The molecule has 2 unspecified atom stereocenters. The summed E-state index contributed by atoms with van der Waals surface area (Å²) >= 11 is 1.49. The number of nitrogens with two attached hydrogens (primary N) is 1. The van der Waals surface area contributed by atoms with Gasteiger partial charge in [0.1, 0.15) is 0 Å². The number of carbonyl (C=O) groups is 1. The van der Waals surface area contributed by atoms with Crippen molar-refractivity contribution < 1.29 is 9.53 Å². The Balaban J connectivity index is 2.56. The number of ketones is 1. The monoisotopic (exact) mass is 225 g/mol. The highest BCUT2D eigenvalue weighted by Crippen LogP contribution is 2.41. The highest BCUT2D eigenvalue weighted by molar-refractivity contribution is 7.16. The first-order valence-corrected chi connectivity index (χ1v) is 5.89. The minimum atomic E-state index is 0.0594. The van der Waals surface area contributed by atoms with Crippen molar-refractivity contribution in [3.8, 4) is 0 Å². The molecule has 0 aliphatic carbocycles. The van der Waals surface area contributed by atoms with Gasteiger partial charge in [0.05, 0.1) is 22.8 Å². The Hall–Kier alpha value is -0.870. The van der Waals surface area contributed by atoms with Crippen molar-refractivity contribution in [3.05, 3.63) is 16.0 Å². The molecule has 1 aliphatic rings. The molecule has 2 rings (SSSR count). The lowest BCUT2D eigenvalue weighted by Crippen LogP contribution is -2.21. The molecular weight excluding hydrogens is 210 g/mol. The van der Waals surface area contributed by atoms with E-state index in [1.807, 2.05) is 13.8 Å². The number of anilines is 1. The van der Waals surface area contributed by atoms with Crippen LogP contribution in [-0.4, -0.2) is 11.9 Å². The van der Waals surface area contributed by atoms with Gasteiger partial charge >= 0.3 is 0 Å². The van der Waals surface area contributed by atoms with E-state index in [1.54, 1.807) is 6.92 Å². The lowest BCUT2D eigenvalue weighted by atomic mass is 9.97. The molecule has 0 amide bonds. The summed E-state index contributed by atoms with van der Waals surface area (Å²) in [6.45, 7) is 5.61. The highest BCUT2D eigenvalue weighted by Gasteiger charge is 2.29. The van der Waals surface area contributed by atoms with E-state index >= 15 is 0 Å². The lowest BCUT2D eigenvalue weighted by Gasteiger charge is -2.25. The van der Waals surface area contributed by atoms with E-state index in [4.69, 9.17) is 10.5 Å². The molecule has 82 valence electrons. The van der Waals surface area contributed by atoms with E-state index in [2.05, 4.69) is 0 Å². The number of Topliss-reactive ketones (excluding diaryl/α,β-unsaturated/α-hetero) is 1. The molecule has 0 spiro atoms. The van der Waals surface area contributed by atoms with Crippen LogP contribution in [0.2, 0.25) is 0 Å².